The summed E-state index contributed by atoms with van der Waals surface area (Å²) in [5.74, 6) is 0. The zero-order valence-electron chi connectivity index (χ0n) is 16.9. The molecule has 0 fully saturated rings. The molecule has 0 bridgehead atoms. The molecule has 0 amide bonds. The second-order valence-electron chi connectivity index (χ2n) is 7.78. The molecule has 2 nitrogen and oxygen atoms in total. The largest absolute Gasteiger partial charge is 0.292 e. The maximum atomic E-state index is 4.95. The van der Waals surface area contributed by atoms with E-state index in [1.54, 1.807) is 0 Å². The minimum Gasteiger partial charge on any atom is -0.292 e. The maximum absolute atomic E-state index is 4.95. The number of aryl methyl sites for hydroxylation is 4. The summed E-state index contributed by atoms with van der Waals surface area (Å²) in [5.41, 5.74) is 9.93. The van der Waals surface area contributed by atoms with E-state index in [1.807, 2.05) is 0 Å². The molecule has 0 saturated heterocycles. The molecule has 5 aromatic rings. The van der Waals surface area contributed by atoms with E-state index in [4.69, 9.17) is 4.98 Å². The third-order valence-corrected chi connectivity index (χ3v) is 5.94. The molecule has 3 aromatic carbocycles. The number of hydrogen-bond donors (Lipinski definition) is 0. The molecule has 138 valence electrons. The summed E-state index contributed by atoms with van der Waals surface area (Å²) in [5, 5.41) is 3.87. The van der Waals surface area contributed by atoms with Crippen LogP contribution >= 0.6 is 0 Å². The Labute approximate surface area is 165 Å². The quantitative estimate of drug-likeness (QED) is 0.315. The highest BCUT2D eigenvalue weighted by atomic mass is 15.0. The maximum Gasteiger partial charge on any atom is 0.145 e. The zero-order valence-corrected chi connectivity index (χ0v) is 16.9. The van der Waals surface area contributed by atoms with Crippen molar-refractivity contribution in [3.63, 3.8) is 0 Å². The van der Waals surface area contributed by atoms with Crippen molar-refractivity contribution in [3.8, 4) is 11.3 Å². The fraction of sp³-hybridized carbons (Fsp3) is 0.192. The average Bonchev–Trinajstić information content (AvgIpc) is 3.12. The summed E-state index contributed by atoms with van der Waals surface area (Å²) >= 11 is 0. The first-order valence-corrected chi connectivity index (χ1v) is 9.98. The number of nitrogens with zero attached hydrogens (tertiary/aromatic N) is 2. The lowest BCUT2D eigenvalue weighted by Gasteiger charge is -2.15. The van der Waals surface area contributed by atoms with Gasteiger partial charge in [0.2, 0.25) is 0 Å². The van der Waals surface area contributed by atoms with E-state index in [0.717, 1.165) is 12.1 Å². The van der Waals surface area contributed by atoms with Gasteiger partial charge in [0, 0.05) is 16.3 Å². The SMILES string of the molecule is CCc1cccc2c3cc(C)ccc3n3c(-c4c(C)cccc4C)cnc3c12. The predicted octanol–water partition coefficient (Wildman–Crippen LogP) is 6.80. The van der Waals surface area contributed by atoms with Crippen LogP contribution in [0.25, 0.3) is 38.6 Å². The van der Waals surface area contributed by atoms with Gasteiger partial charge >= 0.3 is 0 Å². The summed E-state index contributed by atoms with van der Waals surface area (Å²) in [6, 6.07) is 19.9. The molecule has 0 aliphatic rings. The Kier molecular flexibility index (Phi) is 3.77. The van der Waals surface area contributed by atoms with E-state index in [0.29, 0.717) is 0 Å². The first kappa shape index (κ1) is 17.0. The molecule has 28 heavy (non-hydrogen) atoms. The molecule has 2 heterocycles. The highest BCUT2D eigenvalue weighted by Crippen LogP contribution is 2.36. The average molecular weight is 364 g/mol. The van der Waals surface area contributed by atoms with Crippen molar-refractivity contribution in [1.82, 2.24) is 9.38 Å². The molecule has 0 atom stereocenters. The second-order valence-corrected chi connectivity index (χ2v) is 7.78. The second kappa shape index (κ2) is 6.20. The van der Waals surface area contributed by atoms with Crippen LogP contribution in [0.1, 0.15) is 29.2 Å². The van der Waals surface area contributed by atoms with E-state index < -0.39 is 0 Å². The fourth-order valence-electron chi connectivity index (χ4n) is 4.61. The predicted molar refractivity (Wildman–Crippen MR) is 119 cm³/mol. The molecule has 0 N–H and O–H groups in total. The van der Waals surface area contributed by atoms with Crippen molar-refractivity contribution in [2.75, 3.05) is 0 Å². The summed E-state index contributed by atoms with van der Waals surface area (Å²) < 4.78 is 2.37. The molecule has 0 saturated carbocycles. The first-order valence-electron chi connectivity index (χ1n) is 9.98. The van der Waals surface area contributed by atoms with E-state index in [2.05, 4.69) is 92.9 Å². The zero-order chi connectivity index (χ0) is 19.4. The standard InChI is InChI=1S/C26H24N2/c1-5-19-10-7-11-20-21-14-16(2)12-13-22(21)28-23(15-27-26(28)25(19)20)24-17(3)8-6-9-18(24)4/h6-15H,5H2,1-4H3. The lowest BCUT2D eigenvalue weighted by Crippen LogP contribution is -1.98. The number of hydrogen-bond acceptors (Lipinski definition) is 1. The lowest BCUT2D eigenvalue weighted by molar-refractivity contribution is 1.15. The molecule has 5 rings (SSSR count). The molecular formula is C26H24N2. The van der Waals surface area contributed by atoms with Crippen molar-refractivity contribution in [2.24, 2.45) is 0 Å². The van der Waals surface area contributed by atoms with Crippen molar-refractivity contribution in [1.29, 1.82) is 0 Å². The lowest BCUT2D eigenvalue weighted by atomic mass is 9.98. The highest BCUT2D eigenvalue weighted by Gasteiger charge is 2.18. The monoisotopic (exact) mass is 364 g/mol. The van der Waals surface area contributed by atoms with Gasteiger partial charge in [0.25, 0.3) is 0 Å². The molecule has 2 heteroatoms. The molecule has 0 aliphatic heterocycles. The van der Waals surface area contributed by atoms with E-state index >= 15 is 0 Å². The Balaban J connectivity index is 2.07. The Morgan fingerprint density at radius 3 is 2.36 bits per heavy atom. The number of pyridine rings is 1. The third kappa shape index (κ3) is 2.31. The Morgan fingerprint density at radius 1 is 0.857 bits per heavy atom. The minimum atomic E-state index is 0.996. The van der Waals surface area contributed by atoms with Gasteiger partial charge in [-0.15, -0.1) is 0 Å². The summed E-state index contributed by atoms with van der Waals surface area (Å²) in [7, 11) is 0. The van der Waals surface area contributed by atoms with Gasteiger partial charge < -0.3 is 0 Å². The van der Waals surface area contributed by atoms with Crippen LogP contribution in [0.3, 0.4) is 0 Å². The van der Waals surface area contributed by atoms with Gasteiger partial charge in [-0.25, -0.2) is 4.98 Å². The van der Waals surface area contributed by atoms with Crippen molar-refractivity contribution in [3.05, 3.63) is 83.0 Å². The highest BCUT2D eigenvalue weighted by molar-refractivity contribution is 6.13. The minimum absolute atomic E-state index is 0.996. The van der Waals surface area contributed by atoms with E-state index in [9.17, 15) is 0 Å². The Bertz CT molecular complexity index is 1350. The Morgan fingerprint density at radius 2 is 1.61 bits per heavy atom. The van der Waals surface area contributed by atoms with Gasteiger partial charge in [-0.2, -0.15) is 0 Å². The fourth-order valence-corrected chi connectivity index (χ4v) is 4.61. The van der Waals surface area contributed by atoms with E-state index in [-0.39, 0.29) is 0 Å². The number of fused-ring (bicyclic) bond motifs is 6. The smallest absolute Gasteiger partial charge is 0.145 e. The number of aromatic nitrogens is 2. The molecule has 0 aliphatic carbocycles. The number of benzene rings is 3. The van der Waals surface area contributed by atoms with Gasteiger partial charge in [-0.05, 0) is 61.4 Å². The van der Waals surface area contributed by atoms with Crippen LogP contribution in [0.15, 0.2) is 60.8 Å². The molecule has 2 aromatic heterocycles. The van der Waals surface area contributed by atoms with Crippen molar-refractivity contribution >= 4 is 27.3 Å². The van der Waals surface area contributed by atoms with Crippen molar-refractivity contribution in [2.45, 2.75) is 34.1 Å². The summed E-state index contributed by atoms with van der Waals surface area (Å²) in [4.78, 5) is 4.95. The molecule has 0 unspecified atom stereocenters. The number of imidazole rings is 1. The molecular weight excluding hydrogens is 340 g/mol. The van der Waals surface area contributed by atoms with Crippen LogP contribution in [0.5, 0.6) is 0 Å². The van der Waals surface area contributed by atoms with Gasteiger partial charge in [0.15, 0.2) is 0 Å². The van der Waals surface area contributed by atoms with Gasteiger partial charge in [0.1, 0.15) is 5.65 Å². The van der Waals surface area contributed by atoms with Crippen LogP contribution in [-0.4, -0.2) is 9.38 Å². The number of rotatable bonds is 2. The summed E-state index contributed by atoms with van der Waals surface area (Å²) in [6.45, 7) is 8.76. The first-order chi connectivity index (χ1) is 13.6. The van der Waals surface area contributed by atoms with Crippen LogP contribution in [-0.2, 0) is 6.42 Å². The molecule has 0 spiro atoms. The van der Waals surface area contributed by atoms with Gasteiger partial charge in [0.05, 0.1) is 17.4 Å². The summed E-state index contributed by atoms with van der Waals surface area (Å²) in [6.07, 6.45) is 3.05. The van der Waals surface area contributed by atoms with E-state index in [1.165, 1.54) is 55.2 Å². The van der Waals surface area contributed by atoms with Crippen LogP contribution in [0.2, 0.25) is 0 Å². The third-order valence-electron chi connectivity index (χ3n) is 5.94. The normalized spacial score (nSPS) is 11.7. The van der Waals surface area contributed by atoms with Gasteiger partial charge in [-0.1, -0.05) is 55.0 Å². The topological polar surface area (TPSA) is 17.3 Å². The van der Waals surface area contributed by atoms with Crippen LogP contribution in [0.4, 0.5) is 0 Å². The van der Waals surface area contributed by atoms with Gasteiger partial charge in [-0.3, -0.25) is 4.40 Å². The van der Waals surface area contributed by atoms with Crippen LogP contribution < -0.4 is 0 Å². The van der Waals surface area contributed by atoms with Crippen molar-refractivity contribution < 1.29 is 0 Å². The molecule has 0 radical (unpaired) electrons. The Hall–Kier alpha value is -3.13. The van der Waals surface area contributed by atoms with Crippen LogP contribution in [0, 0.1) is 20.8 Å².